The monoisotopic (exact) mass is 649 g/mol. The summed E-state index contributed by atoms with van der Waals surface area (Å²) in [4.78, 5) is 28.9. The molecule has 232 valence electrons. The van der Waals surface area contributed by atoms with E-state index in [1.54, 1.807) is 49.4 Å². The van der Waals surface area contributed by atoms with Crippen LogP contribution in [0, 0.1) is 6.92 Å². The zero-order valence-electron chi connectivity index (χ0n) is 25.1. The van der Waals surface area contributed by atoms with Crippen LogP contribution in [0.2, 0.25) is 10.0 Å². The third-order valence-corrected chi connectivity index (χ3v) is 9.23. The van der Waals surface area contributed by atoms with Crippen molar-refractivity contribution in [1.82, 2.24) is 10.2 Å². The molecule has 9 nitrogen and oxygen atoms in total. The molecular weight excluding hydrogens is 613 g/mol. The van der Waals surface area contributed by atoms with Gasteiger partial charge in [-0.05, 0) is 63.6 Å². The molecule has 0 fully saturated rings. The van der Waals surface area contributed by atoms with Gasteiger partial charge in [-0.2, -0.15) is 0 Å². The molecule has 12 heteroatoms. The lowest BCUT2D eigenvalue weighted by Gasteiger charge is -2.34. The molecule has 0 bridgehead atoms. The highest BCUT2D eigenvalue weighted by Gasteiger charge is 2.35. The van der Waals surface area contributed by atoms with Crippen molar-refractivity contribution in [3.63, 3.8) is 0 Å². The Hall–Kier alpha value is -3.47. The van der Waals surface area contributed by atoms with Crippen molar-refractivity contribution in [3.8, 4) is 11.5 Å². The Morgan fingerprint density at radius 1 is 0.953 bits per heavy atom. The van der Waals surface area contributed by atoms with E-state index in [4.69, 9.17) is 32.7 Å². The molecule has 0 spiro atoms. The number of anilines is 1. The van der Waals surface area contributed by atoms with Gasteiger partial charge in [-0.15, -0.1) is 0 Å². The number of carbonyl (C=O) groups is 2. The van der Waals surface area contributed by atoms with E-state index in [0.29, 0.717) is 21.4 Å². The summed E-state index contributed by atoms with van der Waals surface area (Å²) in [6, 6.07) is 14.8. The molecule has 2 amide bonds. The first-order valence-electron chi connectivity index (χ1n) is 13.7. The van der Waals surface area contributed by atoms with Crippen LogP contribution in [0.3, 0.4) is 0 Å². The minimum Gasteiger partial charge on any atom is -0.497 e. The topological polar surface area (TPSA) is 105 Å². The van der Waals surface area contributed by atoms with Crippen LogP contribution in [-0.2, 0) is 26.2 Å². The Bertz CT molecular complexity index is 1530. The second-order valence-corrected chi connectivity index (χ2v) is 12.8. The molecule has 1 unspecified atom stereocenters. The minimum absolute atomic E-state index is 0.0268. The Balaban J connectivity index is 2.19. The standard InChI is InChI=1S/C31H37Cl2N3O6S/c1-7-27(31(38)34-20(2)3)35(18-24-25(32)9-8-10-26(24)33)30(37)19-36(28-17-22(41-5)13-16-29(28)42-6)43(39,40)23-14-11-21(4)12-15-23/h8-17,20,27H,7,18-19H2,1-6H3,(H,34,38). The van der Waals surface area contributed by atoms with Crippen LogP contribution in [0.1, 0.15) is 38.3 Å². The number of nitrogens with zero attached hydrogens (tertiary/aromatic N) is 2. The van der Waals surface area contributed by atoms with Gasteiger partial charge in [0.1, 0.15) is 24.1 Å². The van der Waals surface area contributed by atoms with Crippen molar-refractivity contribution in [3.05, 3.63) is 81.8 Å². The lowest BCUT2D eigenvalue weighted by Crippen LogP contribution is -2.53. The SMILES string of the molecule is CCC(C(=O)NC(C)C)N(Cc1c(Cl)cccc1Cl)C(=O)CN(c1cc(OC)ccc1OC)S(=O)(=O)c1ccc(C)cc1. The van der Waals surface area contributed by atoms with Crippen LogP contribution >= 0.6 is 23.2 Å². The molecule has 3 rings (SSSR count). The summed E-state index contributed by atoms with van der Waals surface area (Å²) in [6.07, 6.45) is 0.250. The summed E-state index contributed by atoms with van der Waals surface area (Å²) in [6.45, 7) is 6.44. The van der Waals surface area contributed by atoms with Gasteiger partial charge in [0.25, 0.3) is 10.0 Å². The van der Waals surface area contributed by atoms with Gasteiger partial charge >= 0.3 is 0 Å². The molecule has 0 aliphatic heterocycles. The third kappa shape index (κ3) is 8.13. The highest BCUT2D eigenvalue weighted by atomic mass is 35.5. The normalized spacial score (nSPS) is 12.0. The first-order valence-corrected chi connectivity index (χ1v) is 15.9. The molecule has 0 aliphatic carbocycles. The van der Waals surface area contributed by atoms with Gasteiger partial charge in [-0.25, -0.2) is 8.42 Å². The average molecular weight is 651 g/mol. The van der Waals surface area contributed by atoms with Crippen molar-refractivity contribution in [2.75, 3.05) is 25.1 Å². The maximum atomic E-state index is 14.3. The molecule has 3 aromatic rings. The Labute approximate surface area is 263 Å². The summed E-state index contributed by atoms with van der Waals surface area (Å²) in [5.74, 6) is -0.479. The Kier molecular flexibility index (Phi) is 11.7. The number of sulfonamides is 1. The molecule has 0 aliphatic rings. The molecule has 0 saturated carbocycles. The highest BCUT2D eigenvalue weighted by molar-refractivity contribution is 7.92. The largest absolute Gasteiger partial charge is 0.497 e. The fraction of sp³-hybridized carbons (Fsp3) is 0.355. The molecule has 0 radical (unpaired) electrons. The number of carbonyl (C=O) groups excluding carboxylic acids is 2. The number of methoxy groups -OCH3 is 2. The predicted octanol–water partition coefficient (Wildman–Crippen LogP) is 5.85. The predicted molar refractivity (Wildman–Crippen MR) is 170 cm³/mol. The zero-order valence-corrected chi connectivity index (χ0v) is 27.4. The molecule has 1 N–H and O–H groups in total. The number of aryl methyl sites for hydroxylation is 1. The van der Waals surface area contributed by atoms with Crippen LogP contribution in [0.15, 0.2) is 65.6 Å². The summed E-state index contributed by atoms with van der Waals surface area (Å²) in [7, 11) is -1.47. The second-order valence-electron chi connectivity index (χ2n) is 10.2. The summed E-state index contributed by atoms with van der Waals surface area (Å²) in [5, 5.41) is 3.47. The van der Waals surface area contributed by atoms with Crippen LogP contribution in [0.5, 0.6) is 11.5 Å². The second kappa shape index (κ2) is 14.8. The van der Waals surface area contributed by atoms with Gasteiger partial charge in [0.05, 0.1) is 24.8 Å². The molecule has 3 aromatic carbocycles. The number of halogens is 2. The number of amides is 2. The average Bonchev–Trinajstić information content (AvgIpc) is 2.96. The summed E-state index contributed by atoms with van der Waals surface area (Å²) >= 11 is 12.9. The van der Waals surface area contributed by atoms with E-state index in [-0.39, 0.29) is 41.2 Å². The first kappa shape index (κ1) is 34.0. The van der Waals surface area contributed by atoms with Crippen molar-refractivity contribution in [1.29, 1.82) is 0 Å². The van der Waals surface area contributed by atoms with Crippen LogP contribution in [0.4, 0.5) is 5.69 Å². The third-order valence-electron chi connectivity index (χ3n) is 6.75. The fourth-order valence-corrected chi connectivity index (χ4v) is 6.43. The number of ether oxygens (including phenoxy) is 2. The van der Waals surface area contributed by atoms with Crippen LogP contribution in [-0.4, -0.2) is 58.0 Å². The molecule has 0 aromatic heterocycles. The van der Waals surface area contributed by atoms with Gasteiger partial charge in [0.15, 0.2) is 0 Å². The summed E-state index contributed by atoms with van der Waals surface area (Å²) in [5.41, 5.74) is 1.39. The van der Waals surface area contributed by atoms with E-state index < -0.39 is 28.5 Å². The fourth-order valence-electron chi connectivity index (χ4n) is 4.50. The van der Waals surface area contributed by atoms with E-state index in [2.05, 4.69) is 5.32 Å². The van der Waals surface area contributed by atoms with Gasteiger partial charge < -0.3 is 19.7 Å². The number of benzene rings is 3. The van der Waals surface area contributed by atoms with Gasteiger partial charge in [-0.1, -0.05) is 53.9 Å². The number of rotatable bonds is 13. The van der Waals surface area contributed by atoms with Gasteiger partial charge in [0.2, 0.25) is 11.8 Å². The van der Waals surface area contributed by atoms with Crippen molar-refractivity contribution in [2.45, 2.75) is 57.6 Å². The Morgan fingerprint density at radius 2 is 1.58 bits per heavy atom. The van der Waals surface area contributed by atoms with Crippen molar-refractivity contribution < 1.29 is 27.5 Å². The minimum atomic E-state index is -4.32. The molecular formula is C31H37Cl2N3O6S. The van der Waals surface area contributed by atoms with E-state index >= 15 is 0 Å². The number of nitrogens with one attached hydrogen (secondary N) is 1. The van der Waals surface area contributed by atoms with Gasteiger partial charge in [0, 0.05) is 34.3 Å². The lowest BCUT2D eigenvalue weighted by molar-refractivity contribution is -0.140. The maximum Gasteiger partial charge on any atom is 0.264 e. The van der Waals surface area contributed by atoms with E-state index in [1.807, 2.05) is 20.8 Å². The molecule has 43 heavy (non-hydrogen) atoms. The Morgan fingerprint density at radius 3 is 2.12 bits per heavy atom. The molecule has 0 saturated heterocycles. The molecule has 1 atom stereocenters. The summed E-state index contributed by atoms with van der Waals surface area (Å²) < 4.78 is 40.2. The number of hydrogen-bond acceptors (Lipinski definition) is 6. The van der Waals surface area contributed by atoms with Crippen molar-refractivity contribution in [2.24, 2.45) is 0 Å². The van der Waals surface area contributed by atoms with Crippen molar-refractivity contribution >= 4 is 50.7 Å². The highest BCUT2D eigenvalue weighted by Crippen LogP contribution is 2.36. The zero-order chi connectivity index (χ0) is 31.9. The van der Waals surface area contributed by atoms with E-state index in [9.17, 15) is 18.0 Å². The number of hydrogen-bond donors (Lipinski definition) is 1. The van der Waals surface area contributed by atoms with Gasteiger partial charge in [-0.3, -0.25) is 13.9 Å². The van der Waals surface area contributed by atoms with Crippen LogP contribution < -0.4 is 19.1 Å². The molecule has 0 heterocycles. The van der Waals surface area contributed by atoms with E-state index in [0.717, 1.165) is 9.87 Å². The quantitative estimate of drug-likeness (QED) is 0.249. The smallest absolute Gasteiger partial charge is 0.264 e. The maximum absolute atomic E-state index is 14.3. The van der Waals surface area contributed by atoms with Crippen LogP contribution in [0.25, 0.3) is 0 Å². The lowest BCUT2D eigenvalue weighted by atomic mass is 10.1. The first-order chi connectivity index (χ1) is 20.3. The van der Waals surface area contributed by atoms with E-state index in [1.165, 1.54) is 37.3 Å².